The third kappa shape index (κ3) is 1.85. The molecule has 0 radical (unpaired) electrons. The quantitative estimate of drug-likeness (QED) is 0.659. The van der Waals surface area contributed by atoms with Crippen LogP contribution in [0.15, 0.2) is 40.4 Å². The average molecular weight is 362 g/mol. The van der Waals surface area contributed by atoms with E-state index >= 15 is 0 Å². The van der Waals surface area contributed by atoms with Gasteiger partial charge >= 0.3 is 0 Å². The van der Waals surface area contributed by atoms with E-state index in [1.165, 1.54) is 16.2 Å². The van der Waals surface area contributed by atoms with Crippen molar-refractivity contribution in [3.63, 3.8) is 0 Å². The van der Waals surface area contributed by atoms with E-state index in [0.29, 0.717) is 22.3 Å². The first-order valence-electron chi connectivity index (χ1n) is 6.21. The van der Waals surface area contributed by atoms with Crippen LogP contribution in [0.3, 0.4) is 0 Å². The highest BCUT2D eigenvalue weighted by molar-refractivity contribution is 9.10. The van der Waals surface area contributed by atoms with Crippen molar-refractivity contribution in [2.45, 2.75) is 6.54 Å². The Balaban J connectivity index is 1.76. The second kappa shape index (κ2) is 4.51. The van der Waals surface area contributed by atoms with E-state index in [1.54, 1.807) is 12.1 Å². The number of ketones is 1. The van der Waals surface area contributed by atoms with Gasteiger partial charge in [-0.3, -0.25) is 18.9 Å². The Morgan fingerprint density at radius 3 is 2.95 bits per heavy atom. The molecule has 3 aromatic rings. The van der Waals surface area contributed by atoms with Gasteiger partial charge in [0.05, 0.1) is 23.5 Å². The van der Waals surface area contributed by atoms with Gasteiger partial charge in [-0.1, -0.05) is 6.07 Å². The Hall–Kier alpha value is -1.99. The number of carbonyl (C=O) groups is 2. The van der Waals surface area contributed by atoms with Crippen molar-refractivity contribution in [1.82, 2.24) is 9.38 Å². The fourth-order valence-corrected chi connectivity index (χ4v) is 3.73. The van der Waals surface area contributed by atoms with Crippen LogP contribution < -0.4 is 4.90 Å². The molecule has 0 atom stereocenters. The first-order valence-corrected chi connectivity index (χ1v) is 7.88. The summed E-state index contributed by atoms with van der Waals surface area (Å²) in [6.07, 6.45) is 3.79. The summed E-state index contributed by atoms with van der Waals surface area (Å²) in [6, 6.07) is 5.36. The Labute approximate surface area is 132 Å². The highest BCUT2D eigenvalue weighted by Crippen LogP contribution is 2.35. The lowest BCUT2D eigenvalue weighted by atomic mass is 10.1. The maximum absolute atomic E-state index is 12.2. The number of halogens is 1. The number of fused-ring (bicyclic) bond motifs is 2. The molecule has 21 heavy (non-hydrogen) atoms. The summed E-state index contributed by atoms with van der Waals surface area (Å²) in [5, 5.41) is 1.95. The van der Waals surface area contributed by atoms with Crippen LogP contribution in [-0.2, 0) is 11.3 Å². The Bertz CT molecular complexity index is 870. The molecule has 7 heteroatoms. The SMILES string of the molecule is O=C1C(=O)N(Cc2cn3ccsc3n2)c2cccc(Br)c21. The summed E-state index contributed by atoms with van der Waals surface area (Å²) in [7, 11) is 0. The molecule has 5 nitrogen and oxygen atoms in total. The van der Waals surface area contributed by atoms with E-state index in [0.717, 1.165) is 10.7 Å². The number of nitrogens with zero attached hydrogens (tertiary/aromatic N) is 3. The number of amides is 1. The Morgan fingerprint density at radius 1 is 1.29 bits per heavy atom. The number of hydrogen-bond acceptors (Lipinski definition) is 4. The van der Waals surface area contributed by atoms with Gasteiger partial charge in [-0.05, 0) is 28.1 Å². The topological polar surface area (TPSA) is 54.7 Å². The zero-order chi connectivity index (χ0) is 14.6. The van der Waals surface area contributed by atoms with Gasteiger partial charge in [-0.2, -0.15) is 0 Å². The number of thiazole rings is 1. The second-order valence-corrected chi connectivity index (χ2v) is 6.41. The van der Waals surface area contributed by atoms with Gasteiger partial charge in [0, 0.05) is 22.2 Å². The minimum absolute atomic E-state index is 0.294. The number of anilines is 1. The Kier molecular flexibility index (Phi) is 2.73. The van der Waals surface area contributed by atoms with Crippen LogP contribution >= 0.6 is 27.3 Å². The molecule has 104 valence electrons. The summed E-state index contributed by atoms with van der Waals surface area (Å²) in [5.74, 6) is -0.980. The smallest absolute Gasteiger partial charge is 0.299 e. The molecule has 0 spiro atoms. The third-order valence-electron chi connectivity index (χ3n) is 3.41. The van der Waals surface area contributed by atoms with Crippen molar-refractivity contribution in [1.29, 1.82) is 0 Å². The van der Waals surface area contributed by atoms with Crippen LogP contribution in [0.1, 0.15) is 16.1 Å². The molecule has 2 aromatic heterocycles. The van der Waals surface area contributed by atoms with Gasteiger partial charge in [0.15, 0.2) is 4.96 Å². The molecule has 0 aliphatic carbocycles. The number of benzene rings is 1. The van der Waals surface area contributed by atoms with Gasteiger partial charge in [0.1, 0.15) is 0 Å². The molecule has 1 aliphatic rings. The maximum atomic E-state index is 12.2. The average Bonchev–Trinajstić information content (AvgIpc) is 3.09. The fraction of sp³-hybridized carbons (Fsp3) is 0.0714. The highest BCUT2D eigenvalue weighted by Gasteiger charge is 2.37. The van der Waals surface area contributed by atoms with E-state index in [9.17, 15) is 9.59 Å². The molecule has 0 bridgehead atoms. The predicted molar refractivity (Wildman–Crippen MR) is 82.7 cm³/mol. The van der Waals surface area contributed by atoms with E-state index in [2.05, 4.69) is 20.9 Å². The summed E-state index contributed by atoms with van der Waals surface area (Å²) in [4.78, 5) is 31.1. The highest BCUT2D eigenvalue weighted by atomic mass is 79.9. The van der Waals surface area contributed by atoms with Crippen LogP contribution in [0.2, 0.25) is 0 Å². The van der Waals surface area contributed by atoms with Crippen molar-refractivity contribution in [3.8, 4) is 0 Å². The number of rotatable bonds is 2. The molecule has 1 aromatic carbocycles. The molecule has 1 amide bonds. The van der Waals surface area contributed by atoms with Crippen LogP contribution in [0, 0.1) is 0 Å². The van der Waals surface area contributed by atoms with Gasteiger partial charge in [0.2, 0.25) is 0 Å². The van der Waals surface area contributed by atoms with Crippen molar-refractivity contribution in [3.05, 3.63) is 51.7 Å². The molecule has 0 N–H and O–H groups in total. The molecule has 0 unspecified atom stereocenters. The first kappa shape index (κ1) is 12.7. The normalized spacial score (nSPS) is 14.2. The summed E-state index contributed by atoms with van der Waals surface area (Å²) in [5.41, 5.74) is 1.83. The number of aromatic nitrogens is 2. The van der Waals surface area contributed by atoms with Crippen LogP contribution in [-0.4, -0.2) is 21.1 Å². The molecular formula is C14H8BrN3O2S. The second-order valence-electron chi connectivity index (χ2n) is 4.68. The summed E-state index contributed by atoms with van der Waals surface area (Å²) >= 11 is 4.86. The van der Waals surface area contributed by atoms with Crippen LogP contribution in [0.4, 0.5) is 5.69 Å². The Morgan fingerprint density at radius 2 is 2.14 bits per heavy atom. The lowest BCUT2D eigenvalue weighted by molar-refractivity contribution is -0.114. The first-order chi connectivity index (χ1) is 10.1. The van der Waals surface area contributed by atoms with Gasteiger partial charge < -0.3 is 0 Å². The van der Waals surface area contributed by atoms with Crippen LogP contribution in [0.25, 0.3) is 4.96 Å². The molecule has 0 saturated heterocycles. The lowest BCUT2D eigenvalue weighted by Gasteiger charge is -2.14. The number of imidazole rings is 1. The van der Waals surface area contributed by atoms with Crippen LogP contribution in [0.5, 0.6) is 0 Å². The largest absolute Gasteiger partial charge is 0.299 e. The monoisotopic (exact) mass is 361 g/mol. The van der Waals surface area contributed by atoms with E-state index < -0.39 is 11.7 Å². The van der Waals surface area contributed by atoms with E-state index in [-0.39, 0.29) is 0 Å². The minimum atomic E-state index is -0.506. The molecule has 0 fully saturated rings. The van der Waals surface area contributed by atoms with Crippen molar-refractivity contribution in [2.24, 2.45) is 0 Å². The zero-order valence-corrected chi connectivity index (χ0v) is 13.0. The standard InChI is InChI=1S/C14H8BrN3O2S/c15-9-2-1-3-10-11(9)12(19)13(20)18(10)7-8-6-17-4-5-21-14(17)16-8/h1-6H,7H2. The number of Topliss-reactive ketones (excluding diaryl/α,β-unsaturated/α-hetero) is 1. The molecule has 3 heterocycles. The molecular weight excluding hydrogens is 354 g/mol. The maximum Gasteiger partial charge on any atom is 0.299 e. The fourth-order valence-electron chi connectivity index (χ4n) is 2.47. The van der Waals surface area contributed by atoms with Crippen molar-refractivity contribution in [2.75, 3.05) is 4.90 Å². The van der Waals surface area contributed by atoms with Gasteiger partial charge in [-0.25, -0.2) is 4.98 Å². The zero-order valence-electron chi connectivity index (χ0n) is 10.6. The molecule has 0 saturated carbocycles. The molecule has 1 aliphatic heterocycles. The van der Waals surface area contributed by atoms with E-state index in [1.807, 2.05) is 28.2 Å². The minimum Gasteiger partial charge on any atom is -0.299 e. The number of hydrogen-bond donors (Lipinski definition) is 0. The van der Waals surface area contributed by atoms with E-state index in [4.69, 9.17) is 0 Å². The lowest BCUT2D eigenvalue weighted by Crippen LogP contribution is -2.29. The van der Waals surface area contributed by atoms with Gasteiger partial charge in [-0.15, -0.1) is 11.3 Å². The van der Waals surface area contributed by atoms with Gasteiger partial charge in [0.25, 0.3) is 11.7 Å². The molecule has 4 rings (SSSR count). The number of carbonyl (C=O) groups excluding carboxylic acids is 2. The van der Waals surface area contributed by atoms with Crippen molar-refractivity contribution >= 4 is 49.6 Å². The predicted octanol–water partition coefficient (Wildman–Crippen LogP) is 2.89. The third-order valence-corrected chi connectivity index (χ3v) is 4.84. The summed E-state index contributed by atoms with van der Waals surface area (Å²) < 4.78 is 2.55. The summed E-state index contributed by atoms with van der Waals surface area (Å²) in [6.45, 7) is 0.294. The van der Waals surface area contributed by atoms with Crippen molar-refractivity contribution < 1.29 is 9.59 Å².